The molecule has 1 saturated heterocycles. The van der Waals surface area contributed by atoms with Gasteiger partial charge in [0, 0.05) is 26.2 Å². The lowest BCUT2D eigenvalue weighted by atomic mass is 10.0. The number of methoxy groups -OCH3 is 1. The van der Waals surface area contributed by atoms with Gasteiger partial charge in [0.1, 0.15) is 16.7 Å². The van der Waals surface area contributed by atoms with Crippen LogP contribution in [0.3, 0.4) is 0 Å². The summed E-state index contributed by atoms with van der Waals surface area (Å²) in [4.78, 5) is 15.4. The van der Waals surface area contributed by atoms with E-state index in [1.165, 1.54) is 7.11 Å². The zero-order valence-electron chi connectivity index (χ0n) is 20.1. The molecule has 1 heterocycles. The maximum absolute atomic E-state index is 13.4. The van der Waals surface area contributed by atoms with E-state index in [0.717, 1.165) is 24.2 Å². The van der Waals surface area contributed by atoms with E-state index in [-0.39, 0.29) is 28.9 Å². The Morgan fingerprint density at radius 2 is 1.82 bits per heavy atom. The summed E-state index contributed by atoms with van der Waals surface area (Å²) < 4.78 is 40.2. The molecule has 0 radical (unpaired) electrons. The van der Waals surface area contributed by atoms with Gasteiger partial charge in [-0.25, -0.2) is 8.42 Å². The molecule has 0 aliphatic carbocycles. The van der Waals surface area contributed by atoms with Crippen LogP contribution in [0.2, 0.25) is 0 Å². The van der Waals surface area contributed by atoms with Crippen molar-refractivity contribution in [2.45, 2.75) is 37.1 Å². The Morgan fingerprint density at radius 3 is 2.47 bits per heavy atom. The summed E-state index contributed by atoms with van der Waals surface area (Å²) in [5.41, 5.74) is 1.73. The quantitative estimate of drug-likeness (QED) is 0.502. The van der Waals surface area contributed by atoms with Crippen molar-refractivity contribution in [3.8, 4) is 5.75 Å². The number of nitrogens with zero attached hydrogens (tertiary/aromatic N) is 1. The van der Waals surface area contributed by atoms with Crippen molar-refractivity contribution < 1.29 is 22.7 Å². The molecule has 1 aliphatic heterocycles. The molecule has 0 aromatic heterocycles. The first kappa shape index (κ1) is 26.2. The first-order valence-electron chi connectivity index (χ1n) is 11.6. The molecule has 1 aliphatic rings. The minimum absolute atomic E-state index is 0.0281. The van der Waals surface area contributed by atoms with Crippen LogP contribution in [0.1, 0.15) is 30.9 Å². The van der Waals surface area contributed by atoms with Gasteiger partial charge in [0.2, 0.25) is 15.9 Å². The highest BCUT2D eigenvalue weighted by atomic mass is 32.2. The molecule has 1 fully saturated rings. The summed E-state index contributed by atoms with van der Waals surface area (Å²) in [6.45, 7) is 8.10. The third kappa shape index (κ3) is 7.27. The Kier molecular flexibility index (Phi) is 9.46. The van der Waals surface area contributed by atoms with Crippen molar-refractivity contribution in [1.82, 2.24) is 14.9 Å². The number of hydrogen-bond acceptors (Lipinski definition) is 6. The zero-order valence-corrected chi connectivity index (χ0v) is 20.9. The fraction of sp³-hybridized carbons (Fsp3) is 0.480. The van der Waals surface area contributed by atoms with E-state index in [4.69, 9.17) is 9.47 Å². The van der Waals surface area contributed by atoms with Crippen molar-refractivity contribution in [3.05, 3.63) is 59.7 Å². The Morgan fingerprint density at radius 1 is 1.12 bits per heavy atom. The minimum Gasteiger partial charge on any atom is -0.495 e. The second-order valence-corrected chi connectivity index (χ2v) is 10.4. The highest BCUT2D eigenvalue weighted by Crippen LogP contribution is 2.28. The van der Waals surface area contributed by atoms with Gasteiger partial charge in [0.25, 0.3) is 0 Å². The SMILES string of the molecule is COc1ccc(C(C)C)cc1S(=O)(=O)NC(Cc1ccccc1)C(=O)NCCN1CCOCC1. The number of morpholine rings is 1. The lowest BCUT2D eigenvalue weighted by molar-refractivity contribution is -0.122. The number of hydrogen-bond donors (Lipinski definition) is 2. The molecule has 0 bridgehead atoms. The number of sulfonamides is 1. The van der Waals surface area contributed by atoms with Gasteiger partial charge in [0.05, 0.1) is 20.3 Å². The summed E-state index contributed by atoms with van der Waals surface area (Å²) >= 11 is 0. The maximum Gasteiger partial charge on any atom is 0.245 e. The van der Waals surface area contributed by atoms with Crippen LogP contribution in [-0.4, -0.2) is 71.8 Å². The summed E-state index contributed by atoms with van der Waals surface area (Å²) in [5, 5.41) is 2.90. The highest BCUT2D eigenvalue weighted by molar-refractivity contribution is 7.89. The van der Waals surface area contributed by atoms with E-state index in [0.29, 0.717) is 26.3 Å². The Balaban J connectivity index is 1.78. The number of carbonyl (C=O) groups excluding carboxylic acids is 1. The van der Waals surface area contributed by atoms with Crippen molar-refractivity contribution in [1.29, 1.82) is 0 Å². The summed E-state index contributed by atoms with van der Waals surface area (Å²) in [7, 11) is -2.60. The molecule has 8 nitrogen and oxygen atoms in total. The number of nitrogens with one attached hydrogen (secondary N) is 2. The molecule has 1 atom stereocenters. The highest BCUT2D eigenvalue weighted by Gasteiger charge is 2.28. The van der Waals surface area contributed by atoms with Gasteiger partial charge in [-0.1, -0.05) is 50.2 Å². The molecule has 2 aromatic rings. The summed E-state index contributed by atoms with van der Waals surface area (Å²) in [6.07, 6.45) is 0.232. The second-order valence-electron chi connectivity index (χ2n) is 8.67. The van der Waals surface area contributed by atoms with E-state index in [1.807, 2.05) is 50.2 Å². The molecule has 186 valence electrons. The number of ether oxygens (including phenoxy) is 2. The van der Waals surface area contributed by atoms with E-state index in [1.54, 1.807) is 12.1 Å². The number of benzene rings is 2. The largest absolute Gasteiger partial charge is 0.495 e. The average molecular weight is 490 g/mol. The first-order valence-corrected chi connectivity index (χ1v) is 13.1. The lowest BCUT2D eigenvalue weighted by Gasteiger charge is -2.27. The van der Waals surface area contributed by atoms with Crippen molar-refractivity contribution >= 4 is 15.9 Å². The molecule has 1 amide bonds. The normalized spacial score (nSPS) is 15.8. The van der Waals surface area contributed by atoms with Gasteiger partial charge in [-0.2, -0.15) is 4.72 Å². The standard InChI is InChI=1S/C25H35N3O5S/c1-19(2)21-9-10-23(32-3)24(18-21)34(30,31)27-22(17-20-7-5-4-6-8-20)25(29)26-11-12-28-13-15-33-16-14-28/h4-10,18-19,22,27H,11-17H2,1-3H3,(H,26,29). The molecular weight excluding hydrogens is 454 g/mol. The van der Waals surface area contributed by atoms with E-state index < -0.39 is 16.1 Å². The molecule has 0 saturated carbocycles. The van der Waals surface area contributed by atoms with Crippen LogP contribution in [-0.2, 0) is 26.0 Å². The van der Waals surface area contributed by atoms with Crippen molar-refractivity contribution in [2.24, 2.45) is 0 Å². The van der Waals surface area contributed by atoms with Gasteiger partial charge in [-0.05, 0) is 35.6 Å². The summed E-state index contributed by atoms with van der Waals surface area (Å²) in [6, 6.07) is 13.5. The Hall–Kier alpha value is -2.46. The van der Waals surface area contributed by atoms with E-state index >= 15 is 0 Å². The first-order chi connectivity index (χ1) is 16.3. The fourth-order valence-electron chi connectivity index (χ4n) is 3.84. The Bertz CT molecular complexity index is 1040. The van der Waals surface area contributed by atoms with Crippen LogP contribution >= 0.6 is 0 Å². The molecule has 0 spiro atoms. The average Bonchev–Trinajstić information content (AvgIpc) is 2.84. The molecular formula is C25H35N3O5S. The van der Waals surface area contributed by atoms with Crippen molar-refractivity contribution in [2.75, 3.05) is 46.5 Å². The van der Waals surface area contributed by atoms with E-state index in [9.17, 15) is 13.2 Å². The topological polar surface area (TPSA) is 97.0 Å². The van der Waals surface area contributed by atoms with Crippen molar-refractivity contribution in [3.63, 3.8) is 0 Å². The van der Waals surface area contributed by atoms with Gasteiger partial charge < -0.3 is 14.8 Å². The summed E-state index contributed by atoms with van der Waals surface area (Å²) in [5.74, 6) is 0.0196. The second kappa shape index (κ2) is 12.3. The number of amides is 1. The van der Waals surface area contributed by atoms with Gasteiger partial charge in [0.15, 0.2) is 0 Å². The van der Waals surface area contributed by atoms with Crippen LogP contribution in [0.25, 0.3) is 0 Å². The molecule has 2 N–H and O–H groups in total. The molecule has 2 aromatic carbocycles. The van der Waals surface area contributed by atoms with Crippen LogP contribution in [0, 0.1) is 0 Å². The van der Waals surface area contributed by atoms with Gasteiger partial charge in [-0.3, -0.25) is 9.69 Å². The third-order valence-corrected chi connectivity index (χ3v) is 7.36. The minimum atomic E-state index is -4.03. The fourth-order valence-corrected chi connectivity index (χ4v) is 5.24. The predicted molar refractivity (Wildman–Crippen MR) is 132 cm³/mol. The van der Waals surface area contributed by atoms with Gasteiger partial charge in [-0.15, -0.1) is 0 Å². The lowest BCUT2D eigenvalue weighted by Crippen LogP contribution is -2.50. The molecule has 3 rings (SSSR count). The van der Waals surface area contributed by atoms with Gasteiger partial charge >= 0.3 is 0 Å². The smallest absolute Gasteiger partial charge is 0.245 e. The van der Waals surface area contributed by atoms with Crippen LogP contribution in [0.4, 0.5) is 0 Å². The monoisotopic (exact) mass is 489 g/mol. The molecule has 9 heteroatoms. The molecule has 1 unspecified atom stereocenters. The molecule has 34 heavy (non-hydrogen) atoms. The zero-order chi connectivity index (χ0) is 24.6. The number of carbonyl (C=O) groups is 1. The predicted octanol–water partition coefficient (Wildman–Crippen LogP) is 2.16. The number of rotatable bonds is 11. The van der Waals surface area contributed by atoms with Crippen LogP contribution < -0.4 is 14.8 Å². The van der Waals surface area contributed by atoms with E-state index in [2.05, 4.69) is 14.9 Å². The Labute approximate surface area is 202 Å². The third-order valence-electron chi connectivity index (χ3n) is 5.87. The van der Waals surface area contributed by atoms with Crippen LogP contribution in [0.15, 0.2) is 53.4 Å². The van der Waals surface area contributed by atoms with Crippen LogP contribution in [0.5, 0.6) is 5.75 Å². The maximum atomic E-state index is 13.4.